The van der Waals surface area contributed by atoms with Crippen LogP contribution in [0.1, 0.15) is 0 Å². The lowest BCUT2D eigenvalue weighted by atomic mass is 10.2. The monoisotopic (exact) mass is 310 g/mol. The Morgan fingerprint density at radius 2 is 1.76 bits per heavy atom. The topological polar surface area (TPSA) is 112 Å². The van der Waals surface area contributed by atoms with Crippen molar-refractivity contribution in [3.8, 4) is 0 Å². The van der Waals surface area contributed by atoms with Gasteiger partial charge in [-0.1, -0.05) is 0 Å². The molecule has 1 aromatic heterocycles. The van der Waals surface area contributed by atoms with Gasteiger partial charge in [0.05, 0.1) is 20.9 Å². The molecule has 0 aliphatic heterocycles. The number of nitro groups is 1. The van der Waals surface area contributed by atoms with E-state index < -0.39 is 16.0 Å². The molecule has 8 nitrogen and oxygen atoms in total. The Balaban J connectivity index is 2.49. The summed E-state index contributed by atoms with van der Waals surface area (Å²) < 4.78 is 0. The third-order valence-electron chi connectivity index (χ3n) is 2.79. The SMILES string of the molecule is CN(C)CCSc1cc2[nH]c(=O)c(=O)[nH]c2cc1[N+](=O)[O-]. The van der Waals surface area contributed by atoms with Gasteiger partial charge in [0.1, 0.15) is 0 Å². The second-order valence-corrected chi connectivity index (χ2v) is 5.82. The summed E-state index contributed by atoms with van der Waals surface area (Å²) >= 11 is 1.33. The third-order valence-corrected chi connectivity index (χ3v) is 3.82. The van der Waals surface area contributed by atoms with Crippen LogP contribution in [0.25, 0.3) is 11.0 Å². The highest BCUT2D eigenvalue weighted by Crippen LogP contribution is 2.31. The number of benzene rings is 1. The van der Waals surface area contributed by atoms with Crippen LogP contribution in [-0.2, 0) is 0 Å². The van der Waals surface area contributed by atoms with Crippen LogP contribution < -0.4 is 11.1 Å². The Morgan fingerprint density at radius 3 is 2.29 bits per heavy atom. The average Bonchev–Trinajstić information content (AvgIpc) is 2.39. The fourth-order valence-corrected chi connectivity index (χ4v) is 2.89. The van der Waals surface area contributed by atoms with Crippen LogP contribution in [0.5, 0.6) is 0 Å². The first kappa shape index (κ1) is 15.3. The molecule has 0 bridgehead atoms. The summed E-state index contributed by atoms with van der Waals surface area (Å²) in [7, 11) is 3.83. The molecule has 2 N–H and O–H groups in total. The molecule has 2 rings (SSSR count). The van der Waals surface area contributed by atoms with E-state index in [1.165, 1.54) is 23.9 Å². The van der Waals surface area contributed by atoms with Crippen molar-refractivity contribution in [3.05, 3.63) is 43.0 Å². The van der Waals surface area contributed by atoms with E-state index in [0.717, 1.165) is 6.54 Å². The van der Waals surface area contributed by atoms with E-state index in [1.807, 2.05) is 19.0 Å². The predicted octanol–water partition coefficient (Wildman–Crippen LogP) is 0.778. The molecule has 112 valence electrons. The molecule has 0 spiro atoms. The van der Waals surface area contributed by atoms with E-state index in [2.05, 4.69) is 9.97 Å². The summed E-state index contributed by atoms with van der Waals surface area (Å²) in [4.78, 5) is 40.4. The smallest absolute Gasteiger partial charge is 0.314 e. The van der Waals surface area contributed by atoms with Crippen molar-refractivity contribution >= 4 is 28.5 Å². The van der Waals surface area contributed by atoms with Gasteiger partial charge in [0.15, 0.2) is 0 Å². The number of aromatic nitrogens is 2. The molecule has 0 atom stereocenters. The molecule has 9 heteroatoms. The van der Waals surface area contributed by atoms with Crippen LogP contribution >= 0.6 is 11.8 Å². The van der Waals surface area contributed by atoms with Crippen molar-refractivity contribution in [1.82, 2.24) is 14.9 Å². The molecule has 1 heterocycles. The van der Waals surface area contributed by atoms with E-state index in [0.29, 0.717) is 16.2 Å². The zero-order chi connectivity index (χ0) is 15.6. The van der Waals surface area contributed by atoms with Gasteiger partial charge < -0.3 is 14.9 Å². The summed E-state index contributed by atoms with van der Waals surface area (Å²) in [5.41, 5.74) is -1.08. The van der Waals surface area contributed by atoms with Gasteiger partial charge in [0.2, 0.25) is 0 Å². The average molecular weight is 310 g/mol. The number of fused-ring (bicyclic) bond motifs is 1. The third kappa shape index (κ3) is 3.50. The number of nitro benzene ring substituents is 1. The van der Waals surface area contributed by atoms with Crippen molar-refractivity contribution < 1.29 is 4.92 Å². The summed E-state index contributed by atoms with van der Waals surface area (Å²) in [6.07, 6.45) is 0. The molecule has 0 aliphatic carbocycles. The minimum atomic E-state index is -0.829. The lowest BCUT2D eigenvalue weighted by Gasteiger charge is -2.09. The Bertz CT molecular complexity index is 796. The number of thioether (sulfide) groups is 1. The van der Waals surface area contributed by atoms with Crippen LogP contribution in [-0.4, -0.2) is 46.2 Å². The fourth-order valence-electron chi connectivity index (χ4n) is 1.73. The summed E-state index contributed by atoms with van der Waals surface area (Å²) in [5.74, 6) is 0.674. The zero-order valence-corrected chi connectivity index (χ0v) is 12.3. The first-order valence-corrected chi connectivity index (χ1v) is 7.09. The normalized spacial score (nSPS) is 11.2. The Morgan fingerprint density at radius 1 is 1.19 bits per heavy atom. The number of nitrogens with zero attached hydrogens (tertiary/aromatic N) is 2. The molecule has 0 amide bonds. The first-order chi connectivity index (χ1) is 9.88. The number of hydrogen-bond acceptors (Lipinski definition) is 6. The molecular formula is C12H14N4O4S. The quantitative estimate of drug-likeness (QED) is 0.365. The van der Waals surface area contributed by atoms with Gasteiger partial charge >= 0.3 is 11.1 Å². The van der Waals surface area contributed by atoms with Gasteiger partial charge in [0.25, 0.3) is 5.69 Å². The first-order valence-electron chi connectivity index (χ1n) is 6.11. The highest BCUT2D eigenvalue weighted by atomic mass is 32.2. The summed E-state index contributed by atoms with van der Waals surface area (Å²) in [6, 6.07) is 2.79. The van der Waals surface area contributed by atoms with E-state index in [9.17, 15) is 19.7 Å². The number of H-pyrrole nitrogens is 2. The lowest BCUT2D eigenvalue weighted by molar-refractivity contribution is -0.387. The van der Waals surface area contributed by atoms with Gasteiger partial charge in [0, 0.05) is 18.4 Å². The molecule has 0 saturated heterocycles. The van der Waals surface area contributed by atoms with E-state index in [1.54, 1.807) is 0 Å². The van der Waals surface area contributed by atoms with Gasteiger partial charge in [-0.15, -0.1) is 11.8 Å². The molecule has 0 saturated carbocycles. The van der Waals surface area contributed by atoms with Gasteiger partial charge in [-0.25, -0.2) is 0 Å². The Hall–Kier alpha value is -2.13. The predicted molar refractivity (Wildman–Crippen MR) is 81.1 cm³/mol. The van der Waals surface area contributed by atoms with Crippen molar-refractivity contribution in [2.24, 2.45) is 0 Å². The summed E-state index contributed by atoms with van der Waals surface area (Å²) in [5, 5.41) is 11.1. The standard InChI is InChI=1S/C12H14N4O4S/c1-15(2)3-4-21-10-6-8-7(5-9(10)16(19)20)13-11(17)12(18)14-8/h5-6H,3-4H2,1-2H3,(H,13,17)(H,14,18). The minimum absolute atomic E-state index is 0.0889. The fraction of sp³-hybridized carbons (Fsp3) is 0.333. The summed E-state index contributed by atoms with van der Waals surface area (Å²) in [6.45, 7) is 0.766. The minimum Gasteiger partial charge on any atom is -0.316 e. The van der Waals surface area contributed by atoms with Crippen LogP contribution in [0.3, 0.4) is 0 Å². The molecule has 0 unspecified atom stereocenters. The largest absolute Gasteiger partial charge is 0.316 e. The highest BCUT2D eigenvalue weighted by molar-refractivity contribution is 7.99. The molecule has 2 aromatic rings. The molecule has 0 fully saturated rings. The second kappa shape index (κ2) is 6.10. The van der Waals surface area contributed by atoms with E-state index in [4.69, 9.17) is 0 Å². The highest BCUT2D eigenvalue weighted by Gasteiger charge is 2.16. The van der Waals surface area contributed by atoms with E-state index >= 15 is 0 Å². The number of rotatable bonds is 5. The van der Waals surface area contributed by atoms with Crippen molar-refractivity contribution in [2.45, 2.75) is 4.90 Å². The lowest BCUT2D eigenvalue weighted by Crippen LogP contribution is -2.28. The van der Waals surface area contributed by atoms with Crippen LogP contribution in [0.4, 0.5) is 5.69 Å². The second-order valence-electron chi connectivity index (χ2n) is 4.68. The van der Waals surface area contributed by atoms with Crippen molar-refractivity contribution in [3.63, 3.8) is 0 Å². The molecule has 0 radical (unpaired) electrons. The maximum absolute atomic E-state index is 11.3. The van der Waals surface area contributed by atoms with Crippen molar-refractivity contribution in [1.29, 1.82) is 0 Å². The Labute approximate surface area is 123 Å². The number of aromatic amines is 2. The van der Waals surface area contributed by atoms with Gasteiger partial charge in [-0.05, 0) is 20.2 Å². The molecule has 1 aromatic carbocycles. The number of hydrogen-bond donors (Lipinski definition) is 2. The van der Waals surface area contributed by atoms with Crippen LogP contribution in [0, 0.1) is 10.1 Å². The molecule has 21 heavy (non-hydrogen) atoms. The maximum Gasteiger partial charge on any atom is 0.314 e. The Kier molecular flexibility index (Phi) is 4.43. The van der Waals surface area contributed by atoms with Crippen LogP contribution in [0.15, 0.2) is 26.6 Å². The maximum atomic E-state index is 11.3. The zero-order valence-electron chi connectivity index (χ0n) is 11.5. The van der Waals surface area contributed by atoms with Gasteiger partial charge in [-0.3, -0.25) is 19.7 Å². The van der Waals surface area contributed by atoms with Crippen molar-refractivity contribution in [2.75, 3.05) is 26.4 Å². The van der Waals surface area contributed by atoms with E-state index in [-0.39, 0.29) is 11.2 Å². The molecule has 0 aliphatic rings. The van der Waals surface area contributed by atoms with Crippen LogP contribution in [0.2, 0.25) is 0 Å². The van der Waals surface area contributed by atoms with Gasteiger partial charge in [-0.2, -0.15) is 0 Å². The number of nitrogens with one attached hydrogen (secondary N) is 2. The molecular weight excluding hydrogens is 296 g/mol.